The molecule has 0 aliphatic carbocycles. The van der Waals surface area contributed by atoms with Crippen molar-refractivity contribution in [1.29, 1.82) is 0 Å². The summed E-state index contributed by atoms with van der Waals surface area (Å²) in [6, 6.07) is 0.828. The summed E-state index contributed by atoms with van der Waals surface area (Å²) in [4.78, 5) is 0. The molecule has 0 atom stereocenters. The molecule has 0 unspecified atom stereocenters. The van der Waals surface area contributed by atoms with Crippen LogP contribution in [0.5, 0.6) is 0 Å². The maximum Gasteiger partial charge on any atom is 0.311 e. The van der Waals surface area contributed by atoms with E-state index >= 15 is 0 Å². The molecule has 0 N–H and O–H groups in total. The monoisotopic (exact) mass is 366 g/mol. The molecule has 0 aromatic heterocycles. The quantitative estimate of drug-likeness (QED) is 0.454. The van der Waals surface area contributed by atoms with Crippen LogP contribution in [0.1, 0.15) is 6.42 Å². The maximum atomic E-state index is 6.31. The van der Waals surface area contributed by atoms with Crippen LogP contribution in [0.3, 0.4) is 0 Å². The van der Waals surface area contributed by atoms with E-state index in [2.05, 4.69) is 45.8 Å². The second-order valence-corrected chi connectivity index (χ2v) is 21.8. The molecule has 0 aromatic carbocycles. The highest BCUT2D eigenvalue weighted by molar-refractivity contribution is 6.87. The Hall–Kier alpha value is 1.44. The zero-order valence-corrected chi connectivity index (χ0v) is 17.6. The molecule has 110 valence electrons. The van der Waals surface area contributed by atoms with Crippen LogP contribution >= 0.6 is 34.8 Å². The minimum absolute atomic E-state index is 0.536. The zero-order valence-electron chi connectivity index (χ0n) is 12.4. The van der Waals surface area contributed by atoms with Crippen LogP contribution in [-0.2, 0) is 8.23 Å². The van der Waals surface area contributed by atoms with Crippen molar-refractivity contribution in [1.82, 2.24) is 0 Å². The zero-order chi connectivity index (χ0) is 14.8. The normalized spacial score (nSPS) is 15.0. The molecular formula is C10H25Cl3O2Si3. The van der Waals surface area contributed by atoms with Crippen molar-refractivity contribution in [3.63, 3.8) is 0 Å². The lowest BCUT2D eigenvalue weighted by Crippen LogP contribution is -2.51. The fourth-order valence-electron chi connectivity index (χ4n) is 1.92. The first kappa shape index (κ1) is 19.4. The van der Waals surface area contributed by atoms with Gasteiger partial charge in [-0.2, -0.15) is 0 Å². The molecule has 0 spiro atoms. The smallest absolute Gasteiger partial charge is 0.311 e. The lowest BCUT2D eigenvalue weighted by atomic mass is 10.6. The van der Waals surface area contributed by atoms with Gasteiger partial charge in [0.15, 0.2) is 20.4 Å². The molecule has 8 heteroatoms. The van der Waals surface area contributed by atoms with Gasteiger partial charge in [-0.1, -0.05) is 34.8 Å². The Bertz CT molecular complexity index is 273. The molecule has 18 heavy (non-hydrogen) atoms. The molecule has 0 radical (unpaired) electrons. The average molecular weight is 368 g/mol. The third kappa shape index (κ3) is 11.3. The Labute approximate surface area is 130 Å². The third-order valence-electron chi connectivity index (χ3n) is 2.08. The lowest BCUT2D eigenvalue weighted by molar-refractivity contribution is 0.391. The van der Waals surface area contributed by atoms with Gasteiger partial charge in [0, 0.05) is 0 Å². The summed E-state index contributed by atoms with van der Waals surface area (Å²) < 4.78 is 11.3. The van der Waals surface area contributed by atoms with Gasteiger partial charge in [0.05, 0.1) is 0 Å². The summed E-state index contributed by atoms with van der Waals surface area (Å²) in [6.45, 7) is 15.1. The second kappa shape index (κ2) is 6.47. The fraction of sp³-hybridized carbons (Fsp3) is 1.00. The van der Waals surface area contributed by atoms with E-state index in [1.54, 1.807) is 0 Å². The fourth-order valence-corrected chi connectivity index (χ4v) is 15.8. The highest BCUT2D eigenvalue weighted by atomic mass is 35.6. The lowest BCUT2D eigenvalue weighted by Gasteiger charge is -2.37. The Kier molecular flexibility index (Phi) is 6.99. The van der Waals surface area contributed by atoms with E-state index in [0.717, 1.165) is 6.04 Å². The summed E-state index contributed by atoms with van der Waals surface area (Å²) in [6.07, 6.45) is 0.536. The van der Waals surface area contributed by atoms with Crippen LogP contribution in [0.2, 0.25) is 51.9 Å². The molecule has 0 rings (SSSR count). The van der Waals surface area contributed by atoms with Crippen molar-refractivity contribution in [2.75, 3.05) is 0 Å². The molecule has 0 aromatic rings. The summed E-state index contributed by atoms with van der Waals surface area (Å²) in [5, 5.41) is 0. The van der Waals surface area contributed by atoms with Crippen LogP contribution in [0.4, 0.5) is 0 Å². The second-order valence-electron chi connectivity index (χ2n) is 6.59. The Balaban J connectivity index is 4.47. The summed E-state index contributed by atoms with van der Waals surface area (Å²) >= 11 is 17.4. The highest BCUT2D eigenvalue weighted by Crippen LogP contribution is 2.35. The van der Waals surface area contributed by atoms with Crippen molar-refractivity contribution in [2.24, 2.45) is 0 Å². The molecule has 0 aliphatic rings. The minimum Gasteiger partial charge on any atom is -0.437 e. The van der Waals surface area contributed by atoms with Gasteiger partial charge in [-0.05, 0) is 58.3 Å². The van der Waals surface area contributed by atoms with E-state index in [1.165, 1.54) is 0 Å². The average Bonchev–Trinajstić information content (AvgIpc) is 1.91. The van der Waals surface area contributed by atoms with Gasteiger partial charge in [-0.3, -0.25) is 0 Å². The SMILES string of the molecule is C[Si](C)(C)O[Si](C)(C)O[Si](C)(C)CCC(Cl)(Cl)Cl. The van der Waals surface area contributed by atoms with Crippen molar-refractivity contribution < 1.29 is 8.23 Å². The van der Waals surface area contributed by atoms with E-state index in [9.17, 15) is 0 Å². The summed E-state index contributed by atoms with van der Waals surface area (Å²) in [7, 11) is -5.49. The maximum absolute atomic E-state index is 6.31. The molecule has 0 fully saturated rings. The van der Waals surface area contributed by atoms with Crippen molar-refractivity contribution in [2.45, 2.75) is 62.1 Å². The standard InChI is InChI=1S/C10H25Cl3O2Si3/c1-16(2,3)14-18(6,7)15-17(4,5)9-8-10(11,12)13/h8-9H2,1-7H3. The first-order valence-electron chi connectivity index (χ1n) is 6.09. The molecule has 2 nitrogen and oxygen atoms in total. The van der Waals surface area contributed by atoms with E-state index in [4.69, 9.17) is 43.0 Å². The van der Waals surface area contributed by atoms with E-state index in [1.807, 2.05) is 0 Å². The number of halogens is 3. The van der Waals surface area contributed by atoms with Gasteiger partial charge in [0.1, 0.15) is 0 Å². The summed E-state index contributed by atoms with van der Waals surface area (Å²) in [5.74, 6) is 0. The Morgan fingerprint density at radius 3 is 1.61 bits per heavy atom. The van der Waals surface area contributed by atoms with Gasteiger partial charge >= 0.3 is 8.56 Å². The third-order valence-corrected chi connectivity index (χ3v) is 12.7. The van der Waals surface area contributed by atoms with Gasteiger partial charge < -0.3 is 8.23 Å². The van der Waals surface area contributed by atoms with Crippen molar-refractivity contribution >= 4 is 60.0 Å². The minimum atomic E-state index is -2.08. The van der Waals surface area contributed by atoms with Crippen molar-refractivity contribution in [3.8, 4) is 0 Å². The van der Waals surface area contributed by atoms with E-state index in [0.29, 0.717) is 6.42 Å². The van der Waals surface area contributed by atoms with Crippen LogP contribution < -0.4 is 0 Å². The molecule has 0 saturated carbocycles. The van der Waals surface area contributed by atoms with E-state index < -0.39 is 29.0 Å². The van der Waals surface area contributed by atoms with Crippen molar-refractivity contribution in [3.05, 3.63) is 0 Å². The first-order chi connectivity index (χ1) is 7.62. The number of rotatable bonds is 6. The first-order valence-corrected chi connectivity index (χ1v) is 16.6. The Morgan fingerprint density at radius 2 is 1.28 bits per heavy atom. The van der Waals surface area contributed by atoms with Gasteiger partial charge in [-0.15, -0.1) is 0 Å². The van der Waals surface area contributed by atoms with Gasteiger partial charge in [0.2, 0.25) is 0 Å². The molecule has 0 heterocycles. The molecule has 0 saturated heterocycles. The predicted octanol–water partition coefficient (Wildman–Crippen LogP) is 5.52. The van der Waals surface area contributed by atoms with E-state index in [-0.39, 0.29) is 0 Å². The highest BCUT2D eigenvalue weighted by Gasteiger charge is 2.38. The van der Waals surface area contributed by atoms with Crippen LogP contribution in [0.15, 0.2) is 0 Å². The van der Waals surface area contributed by atoms with Gasteiger partial charge in [-0.25, -0.2) is 0 Å². The topological polar surface area (TPSA) is 18.5 Å². The van der Waals surface area contributed by atoms with Crippen LogP contribution in [-0.4, -0.2) is 29.0 Å². The van der Waals surface area contributed by atoms with Crippen LogP contribution in [0.25, 0.3) is 0 Å². The number of hydrogen-bond acceptors (Lipinski definition) is 2. The number of alkyl halides is 3. The summed E-state index contributed by atoms with van der Waals surface area (Å²) in [5.41, 5.74) is 0. The Morgan fingerprint density at radius 1 is 0.833 bits per heavy atom. The molecule has 0 aliphatic heterocycles. The predicted molar refractivity (Wildman–Crippen MR) is 90.2 cm³/mol. The van der Waals surface area contributed by atoms with Gasteiger partial charge in [0.25, 0.3) is 0 Å². The molecule has 0 bridgehead atoms. The largest absolute Gasteiger partial charge is 0.437 e. The molecular weight excluding hydrogens is 343 g/mol. The number of hydrogen-bond donors (Lipinski definition) is 0. The molecule has 0 amide bonds. The van der Waals surface area contributed by atoms with Crippen LogP contribution in [0, 0.1) is 0 Å².